The van der Waals surface area contributed by atoms with Gasteiger partial charge in [0.05, 0.1) is 0 Å². The molecule has 1 aromatic rings. The normalized spacial score (nSPS) is 11.7. The highest BCUT2D eigenvalue weighted by atomic mass is 16.4. The van der Waals surface area contributed by atoms with Crippen LogP contribution < -0.4 is 10.6 Å². The number of aryl methyl sites for hydroxylation is 2. The topological polar surface area (TPSA) is 78.4 Å². The molecule has 0 spiro atoms. The second-order valence-electron chi connectivity index (χ2n) is 4.03. The fraction of sp³-hybridized carbons (Fsp3) is 0.333. The van der Waals surface area contributed by atoms with E-state index in [0.717, 1.165) is 11.1 Å². The fourth-order valence-electron chi connectivity index (χ4n) is 1.47. The van der Waals surface area contributed by atoms with E-state index >= 15 is 0 Å². The lowest BCUT2D eigenvalue weighted by molar-refractivity contribution is -0.138. The molecule has 0 fully saturated rings. The average molecular weight is 236 g/mol. The third kappa shape index (κ3) is 4.14. The van der Waals surface area contributed by atoms with Gasteiger partial charge in [0, 0.05) is 5.69 Å². The van der Waals surface area contributed by atoms with Gasteiger partial charge in [-0.3, -0.25) is 4.79 Å². The summed E-state index contributed by atoms with van der Waals surface area (Å²) >= 11 is 0. The summed E-state index contributed by atoms with van der Waals surface area (Å²) in [5.41, 5.74) is 2.72. The molecule has 0 saturated heterocycles. The first-order chi connectivity index (χ1) is 7.88. The summed E-state index contributed by atoms with van der Waals surface area (Å²) in [6.07, 6.45) is 0. The van der Waals surface area contributed by atoms with Gasteiger partial charge in [0.1, 0.15) is 6.04 Å². The second kappa shape index (κ2) is 5.34. The lowest BCUT2D eigenvalue weighted by Gasteiger charge is -2.11. The molecule has 17 heavy (non-hydrogen) atoms. The number of hydrogen-bond donors (Lipinski definition) is 3. The van der Waals surface area contributed by atoms with E-state index in [9.17, 15) is 9.59 Å². The molecule has 0 saturated carbocycles. The van der Waals surface area contributed by atoms with Crippen LogP contribution in [-0.4, -0.2) is 23.1 Å². The van der Waals surface area contributed by atoms with E-state index < -0.39 is 18.0 Å². The van der Waals surface area contributed by atoms with Crippen LogP contribution >= 0.6 is 0 Å². The van der Waals surface area contributed by atoms with E-state index in [1.165, 1.54) is 6.92 Å². The summed E-state index contributed by atoms with van der Waals surface area (Å²) < 4.78 is 0. The standard InChI is InChI=1S/C12H16N2O3/c1-7-4-8(2)6-10(5-7)14-12(17)13-9(3)11(15)16/h4-6,9H,1-3H3,(H,15,16)(H2,13,14,17)/t9-/m0/s1. The molecular formula is C12H16N2O3. The van der Waals surface area contributed by atoms with Gasteiger partial charge in [-0.15, -0.1) is 0 Å². The molecule has 0 heterocycles. The maximum absolute atomic E-state index is 11.5. The Morgan fingerprint density at radius 2 is 1.71 bits per heavy atom. The molecule has 2 amide bonds. The van der Waals surface area contributed by atoms with Gasteiger partial charge < -0.3 is 15.7 Å². The van der Waals surface area contributed by atoms with Crippen molar-refractivity contribution in [1.82, 2.24) is 5.32 Å². The number of aliphatic carboxylic acids is 1. The quantitative estimate of drug-likeness (QED) is 0.750. The SMILES string of the molecule is Cc1cc(C)cc(NC(=O)N[C@@H](C)C(=O)O)c1. The molecule has 0 bridgehead atoms. The van der Waals surface area contributed by atoms with E-state index in [0.29, 0.717) is 5.69 Å². The summed E-state index contributed by atoms with van der Waals surface area (Å²) in [7, 11) is 0. The molecule has 1 rings (SSSR count). The molecule has 5 nitrogen and oxygen atoms in total. The van der Waals surface area contributed by atoms with E-state index in [1.54, 1.807) is 0 Å². The van der Waals surface area contributed by atoms with Gasteiger partial charge in [-0.1, -0.05) is 6.07 Å². The van der Waals surface area contributed by atoms with Crippen LogP contribution in [0.1, 0.15) is 18.1 Å². The highest BCUT2D eigenvalue weighted by molar-refractivity contribution is 5.92. The summed E-state index contributed by atoms with van der Waals surface area (Å²) in [4.78, 5) is 22.0. The maximum atomic E-state index is 11.5. The Balaban J connectivity index is 2.65. The predicted octanol–water partition coefficient (Wildman–Crippen LogP) is 1.90. The zero-order valence-electron chi connectivity index (χ0n) is 10.1. The Hall–Kier alpha value is -2.04. The highest BCUT2D eigenvalue weighted by Crippen LogP contribution is 2.13. The minimum absolute atomic E-state index is 0.523. The molecule has 0 aliphatic heterocycles. The largest absolute Gasteiger partial charge is 0.480 e. The number of rotatable bonds is 3. The van der Waals surface area contributed by atoms with Crippen LogP contribution in [0.15, 0.2) is 18.2 Å². The molecule has 0 aliphatic rings. The number of benzene rings is 1. The van der Waals surface area contributed by atoms with Crippen LogP contribution in [0.2, 0.25) is 0 Å². The van der Waals surface area contributed by atoms with Crippen LogP contribution in [0.3, 0.4) is 0 Å². The number of anilines is 1. The second-order valence-corrected chi connectivity index (χ2v) is 4.03. The summed E-state index contributed by atoms with van der Waals surface area (Å²) in [5, 5.41) is 13.6. The van der Waals surface area contributed by atoms with Crippen molar-refractivity contribution in [1.29, 1.82) is 0 Å². The Morgan fingerprint density at radius 3 is 2.18 bits per heavy atom. The van der Waals surface area contributed by atoms with Gasteiger partial charge in [0.15, 0.2) is 0 Å². The fourth-order valence-corrected chi connectivity index (χ4v) is 1.47. The lowest BCUT2D eigenvalue weighted by Crippen LogP contribution is -2.40. The minimum atomic E-state index is -1.07. The monoisotopic (exact) mass is 236 g/mol. The number of carboxylic acids is 1. The van der Waals surface area contributed by atoms with Crippen LogP contribution in [0.4, 0.5) is 10.5 Å². The van der Waals surface area contributed by atoms with Crippen molar-refractivity contribution in [3.63, 3.8) is 0 Å². The Morgan fingerprint density at radius 1 is 1.18 bits per heavy atom. The Kier molecular flexibility index (Phi) is 4.09. The van der Waals surface area contributed by atoms with Crippen molar-refractivity contribution >= 4 is 17.7 Å². The molecule has 0 unspecified atom stereocenters. The van der Waals surface area contributed by atoms with Crippen LogP contribution in [0.25, 0.3) is 0 Å². The van der Waals surface area contributed by atoms with E-state index in [2.05, 4.69) is 10.6 Å². The number of carbonyl (C=O) groups excluding carboxylic acids is 1. The predicted molar refractivity (Wildman–Crippen MR) is 65.2 cm³/mol. The van der Waals surface area contributed by atoms with Crippen molar-refractivity contribution in [3.05, 3.63) is 29.3 Å². The number of carboxylic acid groups (broad SMARTS) is 1. The molecule has 92 valence electrons. The van der Waals surface area contributed by atoms with Gasteiger partial charge in [-0.2, -0.15) is 0 Å². The van der Waals surface area contributed by atoms with Crippen molar-refractivity contribution in [2.75, 3.05) is 5.32 Å². The van der Waals surface area contributed by atoms with E-state index in [1.807, 2.05) is 32.0 Å². The van der Waals surface area contributed by atoms with Gasteiger partial charge in [-0.25, -0.2) is 4.79 Å². The first-order valence-electron chi connectivity index (χ1n) is 5.27. The van der Waals surface area contributed by atoms with Crippen LogP contribution in [0.5, 0.6) is 0 Å². The zero-order chi connectivity index (χ0) is 13.0. The van der Waals surface area contributed by atoms with E-state index in [-0.39, 0.29) is 0 Å². The Bertz CT molecular complexity index is 423. The maximum Gasteiger partial charge on any atom is 0.325 e. The lowest BCUT2D eigenvalue weighted by atomic mass is 10.1. The smallest absolute Gasteiger partial charge is 0.325 e. The molecule has 0 radical (unpaired) electrons. The van der Waals surface area contributed by atoms with Crippen molar-refractivity contribution in [2.45, 2.75) is 26.8 Å². The molecule has 3 N–H and O–H groups in total. The third-order valence-electron chi connectivity index (χ3n) is 2.20. The van der Waals surface area contributed by atoms with Crippen LogP contribution in [0, 0.1) is 13.8 Å². The number of amides is 2. The molecular weight excluding hydrogens is 220 g/mol. The molecule has 0 aromatic heterocycles. The third-order valence-corrected chi connectivity index (χ3v) is 2.20. The van der Waals surface area contributed by atoms with Crippen molar-refractivity contribution < 1.29 is 14.7 Å². The zero-order valence-corrected chi connectivity index (χ0v) is 10.1. The molecule has 5 heteroatoms. The molecule has 0 aliphatic carbocycles. The molecule has 1 atom stereocenters. The summed E-state index contributed by atoms with van der Waals surface area (Å²) in [5.74, 6) is -1.07. The summed E-state index contributed by atoms with van der Waals surface area (Å²) in [6.45, 7) is 5.26. The molecule has 1 aromatic carbocycles. The minimum Gasteiger partial charge on any atom is -0.480 e. The summed E-state index contributed by atoms with van der Waals surface area (Å²) in [6, 6.07) is 4.18. The Labute approximate surface area is 99.8 Å². The number of nitrogens with one attached hydrogen (secondary N) is 2. The van der Waals surface area contributed by atoms with Gasteiger partial charge >= 0.3 is 12.0 Å². The van der Waals surface area contributed by atoms with Crippen molar-refractivity contribution in [2.24, 2.45) is 0 Å². The van der Waals surface area contributed by atoms with E-state index in [4.69, 9.17) is 5.11 Å². The number of urea groups is 1. The van der Waals surface area contributed by atoms with Crippen LogP contribution in [-0.2, 0) is 4.79 Å². The first kappa shape index (κ1) is 13.0. The first-order valence-corrected chi connectivity index (χ1v) is 5.27. The van der Waals surface area contributed by atoms with Gasteiger partial charge in [0.2, 0.25) is 0 Å². The highest BCUT2D eigenvalue weighted by Gasteiger charge is 2.13. The van der Waals surface area contributed by atoms with Crippen molar-refractivity contribution in [3.8, 4) is 0 Å². The van der Waals surface area contributed by atoms with Gasteiger partial charge in [-0.05, 0) is 44.0 Å². The number of carbonyl (C=O) groups is 2. The van der Waals surface area contributed by atoms with Gasteiger partial charge in [0.25, 0.3) is 0 Å². The average Bonchev–Trinajstić information content (AvgIpc) is 2.14. The number of hydrogen-bond acceptors (Lipinski definition) is 2.